The highest BCUT2D eigenvalue weighted by molar-refractivity contribution is 7.13. The highest BCUT2D eigenvalue weighted by atomic mass is 32.1. The Hall–Kier alpha value is -2.80. The average molecular weight is 338 g/mol. The lowest BCUT2D eigenvalue weighted by Crippen LogP contribution is -2.19. The second-order valence-corrected chi connectivity index (χ2v) is 6.54. The maximum Gasteiger partial charge on any atom is 0.259 e. The summed E-state index contributed by atoms with van der Waals surface area (Å²) < 4.78 is 0. The Balaban J connectivity index is 1.72. The quantitative estimate of drug-likeness (QED) is 0.764. The molecular weight excluding hydrogens is 324 g/mol. The summed E-state index contributed by atoms with van der Waals surface area (Å²) in [6.07, 6.45) is 1.82. The smallest absolute Gasteiger partial charge is 0.259 e. The van der Waals surface area contributed by atoms with E-state index < -0.39 is 0 Å². The van der Waals surface area contributed by atoms with Crippen molar-refractivity contribution in [3.63, 3.8) is 0 Å². The van der Waals surface area contributed by atoms with Crippen molar-refractivity contribution in [2.45, 2.75) is 12.8 Å². The van der Waals surface area contributed by atoms with E-state index in [9.17, 15) is 9.59 Å². The minimum absolute atomic E-state index is 0.0322. The molecule has 4 rings (SSSR count). The third-order valence-electron chi connectivity index (χ3n) is 3.92. The SMILES string of the molecule is O=C(Nc1nncs1)c1cc2ccccc2cc1NC(=O)C1CC1. The van der Waals surface area contributed by atoms with Crippen LogP contribution in [-0.4, -0.2) is 22.0 Å². The zero-order valence-electron chi connectivity index (χ0n) is 12.7. The van der Waals surface area contributed by atoms with Crippen LogP contribution in [0.15, 0.2) is 41.9 Å². The van der Waals surface area contributed by atoms with Crippen LogP contribution in [0.5, 0.6) is 0 Å². The first kappa shape index (κ1) is 14.8. The van der Waals surface area contributed by atoms with E-state index >= 15 is 0 Å². The van der Waals surface area contributed by atoms with Crippen LogP contribution in [0.3, 0.4) is 0 Å². The summed E-state index contributed by atoms with van der Waals surface area (Å²) in [5.74, 6) is -0.283. The van der Waals surface area contributed by atoms with Crippen LogP contribution in [-0.2, 0) is 4.79 Å². The van der Waals surface area contributed by atoms with Crippen LogP contribution in [0.1, 0.15) is 23.2 Å². The second kappa shape index (κ2) is 6.01. The van der Waals surface area contributed by atoms with E-state index in [0.29, 0.717) is 16.4 Å². The number of hydrogen-bond acceptors (Lipinski definition) is 5. The van der Waals surface area contributed by atoms with Crippen molar-refractivity contribution >= 4 is 44.7 Å². The molecule has 120 valence electrons. The van der Waals surface area contributed by atoms with Gasteiger partial charge in [0.25, 0.3) is 5.91 Å². The lowest BCUT2D eigenvalue weighted by atomic mass is 10.0. The van der Waals surface area contributed by atoms with Gasteiger partial charge < -0.3 is 5.32 Å². The molecule has 0 unspecified atom stereocenters. The normalized spacial score (nSPS) is 13.7. The Morgan fingerprint density at radius 3 is 2.50 bits per heavy atom. The highest BCUT2D eigenvalue weighted by Gasteiger charge is 2.30. The first-order chi connectivity index (χ1) is 11.7. The van der Waals surface area contributed by atoms with Crippen molar-refractivity contribution in [2.75, 3.05) is 10.6 Å². The van der Waals surface area contributed by atoms with E-state index in [1.54, 1.807) is 11.6 Å². The molecule has 0 bridgehead atoms. The summed E-state index contributed by atoms with van der Waals surface area (Å²) in [4.78, 5) is 24.8. The molecule has 1 heterocycles. The molecule has 7 heteroatoms. The summed E-state index contributed by atoms with van der Waals surface area (Å²) in [5.41, 5.74) is 2.48. The van der Waals surface area contributed by atoms with Gasteiger partial charge in [-0.25, -0.2) is 0 Å². The maximum absolute atomic E-state index is 12.6. The Kier molecular flexibility index (Phi) is 3.70. The molecule has 0 atom stereocenters. The number of nitrogens with zero attached hydrogens (tertiary/aromatic N) is 2. The van der Waals surface area contributed by atoms with Crippen LogP contribution >= 0.6 is 11.3 Å². The van der Waals surface area contributed by atoms with E-state index in [2.05, 4.69) is 20.8 Å². The number of carbonyl (C=O) groups is 2. The minimum atomic E-state index is -0.316. The zero-order chi connectivity index (χ0) is 16.5. The monoisotopic (exact) mass is 338 g/mol. The molecule has 1 aliphatic rings. The van der Waals surface area contributed by atoms with E-state index in [0.717, 1.165) is 23.6 Å². The van der Waals surface area contributed by atoms with Gasteiger partial charge in [-0.15, -0.1) is 10.2 Å². The molecule has 2 aromatic carbocycles. The molecule has 6 nitrogen and oxygen atoms in total. The number of carbonyl (C=O) groups excluding carboxylic acids is 2. The number of fused-ring (bicyclic) bond motifs is 1. The minimum Gasteiger partial charge on any atom is -0.325 e. The van der Waals surface area contributed by atoms with Gasteiger partial charge in [-0.1, -0.05) is 35.6 Å². The fourth-order valence-electron chi connectivity index (χ4n) is 2.50. The van der Waals surface area contributed by atoms with Crippen LogP contribution < -0.4 is 10.6 Å². The average Bonchev–Trinajstić information content (AvgIpc) is 3.32. The fourth-order valence-corrected chi connectivity index (χ4v) is 2.94. The number of aromatic nitrogens is 2. The summed E-state index contributed by atoms with van der Waals surface area (Å²) in [6.45, 7) is 0. The summed E-state index contributed by atoms with van der Waals surface area (Å²) in [7, 11) is 0. The van der Waals surface area contributed by atoms with Gasteiger partial charge in [0.05, 0.1) is 11.3 Å². The Bertz CT molecular complexity index is 919. The van der Waals surface area contributed by atoms with Gasteiger partial charge in [0.1, 0.15) is 5.51 Å². The molecule has 0 spiro atoms. The molecular formula is C17H14N4O2S. The molecule has 0 aliphatic heterocycles. The lowest BCUT2D eigenvalue weighted by molar-refractivity contribution is -0.117. The van der Waals surface area contributed by atoms with Crippen LogP contribution in [0, 0.1) is 5.92 Å². The third-order valence-corrected chi connectivity index (χ3v) is 4.52. The molecule has 0 saturated heterocycles. The Morgan fingerprint density at radius 2 is 1.83 bits per heavy atom. The highest BCUT2D eigenvalue weighted by Crippen LogP contribution is 2.32. The molecule has 1 aromatic heterocycles. The van der Waals surface area contributed by atoms with E-state index in [1.165, 1.54) is 11.3 Å². The van der Waals surface area contributed by atoms with E-state index in [4.69, 9.17) is 0 Å². The molecule has 1 saturated carbocycles. The Morgan fingerprint density at radius 1 is 1.08 bits per heavy atom. The van der Waals surface area contributed by atoms with Crippen molar-refractivity contribution in [1.82, 2.24) is 10.2 Å². The standard InChI is InChI=1S/C17H14N4O2S/c22-15(10-5-6-10)19-14-8-12-4-2-1-3-11(12)7-13(14)16(23)20-17-21-18-9-24-17/h1-4,7-10H,5-6H2,(H,19,22)(H,20,21,23). The van der Waals surface area contributed by atoms with Gasteiger partial charge in [0.15, 0.2) is 0 Å². The van der Waals surface area contributed by atoms with Gasteiger partial charge in [-0.2, -0.15) is 0 Å². The van der Waals surface area contributed by atoms with Crippen molar-refractivity contribution in [1.29, 1.82) is 0 Å². The molecule has 1 fully saturated rings. The summed E-state index contributed by atoms with van der Waals surface area (Å²) in [6, 6.07) is 11.4. The molecule has 2 N–H and O–H groups in total. The number of rotatable bonds is 4. The summed E-state index contributed by atoms with van der Waals surface area (Å²) >= 11 is 1.24. The van der Waals surface area contributed by atoms with Crippen LogP contribution in [0.2, 0.25) is 0 Å². The number of hydrogen-bond donors (Lipinski definition) is 2. The first-order valence-corrected chi connectivity index (χ1v) is 8.50. The summed E-state index contributed by atoms with van der Waals surface area (Å²) in [5, 5.41) is 15.5. The third kappa shape index (κ3) is 2.98. The van der Waals surface area contributed by atoms with Crippen molar-refractivity contribution in [2.24, 2.45) is 5.92 Å². The van der Waals surface area contributed by atoms with Gasteiger partial charge in [-0.05, 0) is 35.7 Å². The zero-order valence-corrected chi connectivity index (χ0v) is 13.5. The predicted octanol–water partition coefficient (Wildman–Crippen LogP) is 3.29. The van der Waals surface area contributed by atoms with Crippen LogP contribution in [0.4, 0.5) is 10.8 Å². The number of anilines is 2. The van der Waals surface area contributed by atoms with E-state index in [1.807, 2.05) is 30.3 Å². The molecule has 1 aliphatic carbocycles. The topological polar surface area (TPSA) is 84.0 Å². The fraction of sp³-hybridized carbons (Fsp3) is 0.176. The first-order valence-electron chi connectivity index (χ1n) is 7.62. The molecule has 3 aromatic rings. The largest absolute Gasteiger partial charge is 0.325 e. The maximum atomic E-state index is 12.6. The lowest BCUT2D eigenvalue weighted by Gasteiger charge is -2.12. The van der Waals surface area contributed by atoms with Crippen LogP contribution in [0.25, 0.3) is 10.8 Å². The number of amides is 2. The molecule has 0 radical (unpaired) electrons. The predicted molar refractivity (Wildman–Crippen MR) is 93.2 cm³/mol. The Labute approximate surface area is 141 Å². The van der Waals surface area contributed by atoms with E-state index in [-0.39, 0.29) is 17.7 Å². The van der Waals surface area contributed by atoms with Gasteiger partial charge in [0.2, 0.25) is 11.0 Å². The van der Waals surface area contributed by atoms with Crippen molar-refractivity contribution in [3.8, 4) is 0 Å². The number of benzene rings is 2. The van der Waals surface area contributed by atoms with Gasteiger partial charge >= 0.3 is 0 Å². The van der Waals surface area contributed by atoms with Gasteiger partial charge in [0, 0.05) is 5.92 Å². The van der Waals surface area contributed by atoms with Gasteiger partial charge in [-0.3, -0.25) is 14.9 Å². The molecule has 24 heavy (non-hydrogen) atoms. The van der Waals surface area contributed by atoms with Crippen molar-refractivity contribution in [3.05, 3.63) is 47.5 Å². The van der Waals surface area contributed by atoms with Crippen molar-refractivity contribution < 1.29 is 9.59 Å². The number of nitrogens with one attached hydrogen (secondary N) is 2. The second-order valence-electron chi connectivity index (χ2n) is 5.71. The molecule has 2 amide bonds.